The van der Waals surface area contributed by atoms with Crippen molar-refractivity contribution in [2.45, 2.75) is 54.6 Å². The first-order chi connectivity index (χ1) is 11.0. The summed E-state index contributed by atoms with van der Waals surface area (Å²) in [5.74, 6) is -0.339. The van der Waals surface area contributed by atoms with Crippen LogP contribution in [0, 0.1) is 0 Å². The highest BCUT2D eigenvalue weighted by Gasteiger charge is 2.62. The molecule has 0 spiro atoms. The van der Waals surface area contributed by atoms with Crippen LogP contribution in [0.15, 0.2) is 40.2 Å². The number of ether oxygens (including phenoxy) is 2. The molecular weight excluding hydrogens is 334 g/mol. The Bertz CT molecular complexity index is 624. The van der Waals surface area contributed by atoms with Crippen LogP contribution in [-0.2, 0) is 14.3 Å². The quantitative estimate of drug-likeness (QED) is 0.572. The molecule has 0 N–H and O–H groups in total. The third-order valence-electron chi connectivity index (χ3n) is 4.24. The topological polar surface area (TPSA) is 47.9 Å². The standard InChI is InChI=1S/C17H20ClNO3S/c1-3-4-10-21-13-11-17(23-12-8-6-5-7-9-12)15(20)22-16(13,2)14(18)19-17/h5-9,13H,3-4,10-11H2,1-2H3/t13-,16+,17-/m1/s1. The lowest BCUT2D eigenvalue weighted by molar-refractivity contribution is -0.184. The van der Waals surface area contributed by atoms with E-state index in [9.17, 15) is 4.79 Å². The molecule has 1 aromatic carbocycles. The van der Waals surface area contributed by atoms with Crippen molar-refractivity contribution >= 4 is 34.5 Å². The number of benzene rings is 1. The number of esters is 1. The molecule has 2 bridgehead atoms. The molecule has 124 valence electrons. The molecule has 4 nitrogen and oxygen atoms in total. The summed E-state index contributed by atoms with van der Waals surface area (Å²) in [6.07, 6.45) is 2.22. The second kappa shape index (κ2) is 6.46. The van der Waals surface area contributed by atoms with Crippen LogP contribution in [0.2, 0.25) is 0 Å². The van der Waals surface area contributed by atoms with Crippen molar-refractivity contribution in [2.24, 2.45) is 4.99 Å². The summed E-state index contributed by atoms with van der Waals surface area (Å²) in [7, 11) is 0. The average molecular weight is 354 g/mol. The Morgan fingerprint density at radius 3 is 2.87 bits per heavy atom. The number of halogens is 1. The molecule has 23 heavy (non-hydrogen) atoms. The maximum Gasteiger partial charge on any atom is 0.346 e. The normalized spacial score (nSPS) is 32.6. The molecule has 0 aromatic heterocycles. The van der Waals surface area contributed by atoms with Gasteiger partial charge in [-0.15, -0.1) is 0 Å². The van der Waals surface area contributed by atoms with Crippen molar-refractivity contribution in [1.29, 1.82) is 0 Å². The van der Waals surface area contributed by atoms with Gasteiger partial charge in [0.05, 0.1) is 0 Å². The van der Waals surface area contributed by atoms with Crippen LogP contribution in [0.1, 0.15) is 33.1 Å². The van der Waals surface area contributed by atoms with Crippen LogP contribution in [0.4, 0.5) is 0 Å². The fourth-order valence-electron chi connectivity index (χ4n) is 2.78. The highest BCUT2D eigenvalue weighted by molar-refractivity contribution is 8.01. The predicted octanol–water partition coefficient (Wildman–Crippen LogP) is 4.02. The minimum atomic E-state index is -1.05. The van der Waals surface area contributed by atoms with Gasteiger partial charge in [-0.1, -0.05) is 54.9 Å². The monoisotopic (exact) mass is 353 g/mol. The number of aliphatic imine (C=N–C) groups is 1. The van der Waals surface area contributed by atoms with Crippen molar-refractivity contribution in [3.05, 3.63) is 30.3 Å². The Hall–Kier alpha value is -1.04. The molecule has 3 aliphatic rings. The molecule has 3 atom stereocenters. The largest absolute Gasteiger partial charge is 0.447 e. The van der Waals surface area contributed by atoms with Crippen LogP contribution < -0.4 is 0 Å². The molecule has 1 fully saturated rings. The molecule has 0 unspecified atom stereocenters. The number of thioether (sulfide) groups is 1. The van der Waals surface area contributed by atoms with E-state index in [-0.39, 0.29) is 12.1 Å². The second-order valence-corrected chi connectivity index (χ2v) is 7.72. The van der Waals surface area contributed by atoms with Crippen LogP contribution in [0.25, 0.3) is 0 Å². The second-order valence-electron chi connectivity index (χ2n) is 6.02. The van der Waals surface area contributed by atoms with Gasteiger partial charge in [0.2, 0.25) is 4.87 Å². The Kier molecular flexibility index (Phi) is 4.72. The molecule has 0 saturated carbocycles. The number of carbonyl (C=O) groups excluding carboxylic acids is 1. The van der Waals surface area contributed by atoms with E-state index in [1.165, 1.54) is 11.8 Å². The lowest BCUT2D eigenvalue weighted by atomic mass is 9.87. The molecule has 0 radical (unpaired) electrons. The number of nitrogens with zero attached hydrogens (tertiary/aromatic N) is 1. The molecule has 6 heteroatoms. The number of hydrogen-bond donors (Lipinski definition) is 0. The van der Waals surface area contributed by atoms with Crippen molar-refractivity contribution < 1.29 is 14.3 Å². The van der Waals surface area contributed by atoms with Gasteiger partial charge in [-0.05, 0) is 25.5 Å². The Morgan fingerprint density at radius 2 is 2.17 bits per heavy atom. The van der Waals surface area contributed by atoms with E-state index in [0.29, 0.717) is 18.2 Å². The minimum Gasteiger partial charge on any atom is -0.447 e. The van der Waals surface area contributed by atoms with Gasteiger partial charge in [-0.25, -0.2) is 9.79 Å². The molecule has 3 aliphatic heterocycles. The maximum absolute atomic E-state index is 12.5. The number of fused-ring (bicyclic) bond motifs is 2. The van der Waals surface area contributed by atoms with Gasteiger partial charge in [0, 0.05) is 17.9 Å². The summed E-state index contributed by atoms with van der Waals surface area (Å²) < 4.78 is 11.6. The Labute approximate surface area is 145 Å². The fourth-order valence-corrected chi connectivity index (χ4v) is 4.32. The van der Waals surface area contributed by atoms with E-state index in [4.69, 9.17) is 21.1 Å². The highest BCUT2D eigenvalue weighted by atomic mass is 35.5. The van der Waals surface area contributed by atoms with Crippen molar-refractivity contribution in [3.63, 3.8) is 0 Å². The van der Waals surface area contributed by atoms with E-state index in [1.54, 1.807) is 6.92 Å². The van der Waals surface area contributed by atoms with Gasteiger partial charge in [0.15, 0.2) is 5.60 Å². The van der Waals surface area contributed by atoms with Gasteiger partial charge in [-0.2, -0.15) is 0 Å². The molecule has 1 saturated heterocycles. The Morgan fingerprint density at radius 1 is 1.43 bits per heavy atom. The Balaban J connectivity index is 1.88. The van der Waals surface area contributed by atoms with E-state index in [0.717, 1.165) is 17.7 Å². The van der Waals surface area contributed by atoms with E-state index < -0.39 is 10.5 Å². The lowest BCUT2D eigenvalue weighted by Crippen LogP contribution is -2.65. The third kappa shape index (κ3) is 3.02. The number of rotatable bonds is 6. The molecule has 0 aliphatic carbocycles. The summed E-state index contributed by atoms with van der Waals surface area (Å²) in [6.45, 7) is 4.52. The van der Waals surface area contributed by atoms with Gasteiger partial charge < -0.3 is 9.47 Å². The average Bonchev–Trinajstić information content (AvgIpc) is 2.52. The molecule has 0 amide bonds. The zero-order valence-electron chi connectivity index (χ0n) is 13.3. The van der Waals surface area contributed by atoms with Crippen LogP contribution in [0.3, 0.4) is 0 Å². The summed E-state index contributed by atoms with van der Waals surface area (Å²) in [4.78, 5) is 16.9. The van der Waals surface area contributed by atoms with E-state index >= 15 is 0 Å². The summed E-state index contributed by atoms with van der Waals surface area (Å²) in [5.41, 5.74) is -0.967. The molecule has 1 aromatic rings. The van der Waals surface area contributed by atoms with E-state index in [1.807, 2.05) is 30.3 Å². The minimum absolute atomic E-state index is 0.270. The molecule has 3 heterocycles. The summed E-state index contributed by atoms with van der Waals surface area (Å²) in [5, 5.41) is 0.313. The van der Waals surface area contributed by atoms with Crippen LogP contribution >= 0.6 is 23.4 Å². The SMILES string of the molecule is CCCCO[C@@H]1C[C@]2(Sc3ccccc3)N=C(Cl)[C@@]1(C)OC2=O. The summed E-state index contributed by atoms with van der Waals surface area (Å²) >= 11 is 7.74. The first kappa shape index (κ1) is 16.8. The fraction of sp³-hybridized carbons (Fsp3) is 0.529. The lowest BCUT2D eigenvalue weighted by Gasteiger charge is -2.50. The summed E-state index contributed by atoms with van der Waals surface area (Å²) in [6, 6.07) is 9.70. The van der Waals surface area contributed by atoms with Gasteiger partial charge >= 0.3 is 5.97 Å². The number of unbranched alkanes of at least 4 members (excludes halogenated alkanes) is 1. The molecular formula is C17H20ClNO3S. The third-order valence-corrected chi connectivity index (χ3v) is 5.97. The number of carbonyl (C=O) groups is 1. The first-order valence-corrected chi connectivity index (χ1v) is 9.04. The maximum atomic E-state index is 12.5. The van der Waals surface area contributed by atoms with Crippen LogP contribution in [-0.4, -0.2) is 34.3 Å². The number of hydrogen-bond acceptors (Lipinski definition) is 5. The smallest absolute Gasteiger partial charge is 0.346 e. The zero-order valence-corrected chi connectivity index (χ0v) is 14.8. The van der Waals surface area contributed by atoms with Crippen LogP contribution in [0.5, 0.6) is 0 Å². The van der Waals surface area contributed by atoms with Gasteiger partial charge in [-0.3, -0.25) is 0 Å². The highest BCUT2D eigenvalue weighted by Crippen LogP contribution is 2.51. The predicted molar refractivity (Wildman–Crippen MR) is 92.1 cm³/mol. The van der Waals surface area contributed by atoms with Crippen molar-refractivity contribution in [3.8, 4) is 0 Å². The zero-order chi connectivity index (χ0) is 16.5. The van der Waals surface area contributed by atoms with Gasteiger partial charge in [0.25, 0.3) is 0 Å². The van der Waals surface area contributed by atoms with Crippen molar-refractivity contribution in [2.75, 3.05) is 6.61 Å². The van der Waals surface area contributed by atoms with Gasteiger partial charge in [0.1, 0.15) is 11.3 Å². The van der Waals surface area contributed by atoms with E-state index in [2.05, 4.69) is 11.9 Å². The van der Waals surface area contributed by atoms with Crippen molar-refractivity contribution in [1.82, 2.24) is 0 Å². The molecule has 4 rings (SSSR count). The first-order valence-electron chi connectivity index (χ1n) is 7.85.